The second-order valence-corrected chi connectivity index (χ2v) is 8.13. The van der Waals surface area contributed by atoms with Gasteiger partial charge in [0, 0.05) is 11.8 Å². The van der Waals surface area contributed by atoms with E-state index in [2.05, 4.69) is 71.0 Å². The Bertz CT molecular complexity index is 1000. The Labute approximate surface area is 159 Å². The number of benzene rings is 2. The number of fused-ring (bicyclic) bond motifs is 1. The van der Waals surface area contributed by atoms with E-state index in [0.29, 0.717) is 0 Å². The van der Waals surface area contributed by atoms with Crippen molar-refractivity contribution < 1.29 is 4.79 Å². The minimum absolute atomic E-state index is 0.0717. The van der Waals surface area contributed by atoms with Crippen molar-refractivity contribution in [3.05, 3.63) is 82.2 Å². The van der Waals surface area contributed by atoms with E-state index in [0.717, 1.165) is 23.5 Å². The molecule has 1 atom stereocenters. The van der Waals surface area contributed by atoms with Crippen molar-refractivity contribution in [1.29, 1.82) is 0 Å². The molecule has 0 aliphatic heterocycles. The molecule has 0 spiro atoms. The third kappa shape index (κ3) is 2.16. The molecule has 2 aromatic carbocycles. The number of anilines is 1. The zero-order chi connectivity index (χ0) is 18.8. The first-order valence-corrected chi connectivity index (χ1v) is 9.51. The number of hydrogen-bond donors (Lipinski definition) is 2. The number of rotatable bonds is 2. The number of aromatic amines is 1. The van der Waals surface area contributed by atoms with Crippen molar-refractivity contribution in [2.45, 2.75) is 39.0 Å². The molecule has 6 rings (SSSR count). The maximum absolute atomic E-state index is 13.5. The van der Waals surface area contributed by atoms with Gasteiger partial charge in [-0.15, -0.1) is 0 Å². The molecule has 0 saturated carbocycles. The molecule has 1 amide bonds. The van der Waals surface area contributed by atoms with Gasteiger partial charge in [0.05, 0.1) is 22.5 Å². The fourth-order valence-corrected chi connectivity index (χ4v) is 5.18. The van der Waals surface area contributed by atoms with E-state index in [1.807, 2.05) is 13.8 Å². The Balaban J connectivity index is 1.63. The van der Waals surface area contributed by atoms with E-state index < -0.39 is 5.41 Å². The van der Waals surface area contributed by atoms with E-state index in [4.69, 9.17) is 0 Å². The first-order valence-electron chi connectivity index (χ1n) is 9.51. The minimum Gasteiger partial charge on any atom is -0.322 e. The minimum atomic E-state index is -0.497. The number of carbonyl (C=O) groups excluding carboxylic acids is 1. The van der Waals surface area contributed by atoms with E-state index in [1.54, 1.807) is 0 Å². The highest BCUT2D eigenvalue weighted by Gasteiger charge is 2.53. The van der Waals surface area contributed by atoms with Crippen LogP contribution in [0.25, 0.3) is 0 Å². The molecule has 3 aromatic rings. The summed E-state index contributed by atoms with van der Waals surface area (Å²) in [6.45, 7) is 5.98. The summed E-state index contributed by atoms with van der Waals surface area (Å²) in [7, 11) is 0. The maximum atomic E-state index is 13.5. The van der Waals surface area contributed by atoms with Gasteiger partial charge in [-0.2, -0.15) is 5.10 Å². The normalized spacial score (nSPS) is 25.0. The monoisotopic (exact) mass is 357 g/mol. The van der Waals surface area contributed by atoms with Gasteiger partial charge in [0.2, 0.25) is 5.91 Å². The molecule has 27 heavy (non-hydrogen) atoms. The summed E-state index contributed by atoms with van der Waals surface area (Å²) >= 11 is 0. The van der Waals surface area contributed by atoms with Crippen LogP contribution in [0, 0.1) is 19.3 Å². The van der Waals surface area contributed by atoms with Crippen molar-refractivity contribution in [1.82, 2.24) is 10.2 Å². The van der Waals surface area contributed by atoms with Crippen LogP contribution in [-0.4, -0.2) is 16.1 Å². The highest BCUT2D eigenvalue weighted by molar-refractivity contribution is 5.98. The molecule has 0 saturated heterocycles. The van der Waals surface area contributed by atoms with Crippen molar-refractivity contribution in [2.75, 3.05) is 5.32 Å². The predicted octanol–water partition coefficient (Wildman–Crippen LogP) is 4.65. The molecule has 4 nitrogen and oxygen atoms in total. The zero-order valence-corrected chi connectivity index (χ0v) is 15.8. The van der Waals surface area contributed by atoms with Crippen LogP contribution < -0.4 is 5.32 Å². The van der Waals surface area contributed by atoms with Crippen molar-refractivity contribution in [3.8, 4) is 0 Å². The number of carbonyl (C=O) groups is 1. The number of nitrogens with one attached hydrogen (secondary N) is 2. The van der Waals surface area contributed by atoms with Crippen LogP contribution in [0.2, 0.25) is 0 Å². The maximum Gasteiger partial charge on any atom is 0.231 e. The zero-order valence-electron chi connectivity index (χ0n) is 15.8. The van der Waals surface area contributed by atoms with Crippen LogP contribution in [0.3, 0.4) is 0 Å². The fourth-order valence-electron chi connectivity index (χ4n) is 5.18. The largest absolute Gasteiger partial charge is 0.322 e. The van der Waals surface area contributed by atoms with Gasteiger partial charge in [0.15, 0.2) is 0 Å². The number of nitrogens with zero attached hydrogens (tertiary/aromatic N) is 1. The van der Waals surface area contributed by atoms with E-state index in [9.17, 15) is 4.79 Å². The SMILES string of the molecule is Cc1n[nH]c(C)c1NC(=O)C1(C)CC2c3ccccc3C1c1ccccc12. The molecule has 3 aliphatic carbocycles. The lowest BCUT2D eigenvalue weighted by Gasteiger charge is -2.50. The van der Waals surface area contributed by atoms with Crippen molar-refractivity contribution in [2.24, 2.45) is 5.41 Å². The van der Waals surface area contributed by atoms with Crippen LogP contribution in [0.1, 0.15) is 58.8 Å². The lowest BCUT2D eigenvalue weighted by atomic mass is 9.52. The second-order valence-electron chi connectivity index (χ2n) is 8.13. The summed E-state index contributed by atoms with van der Waals surface area (Å²) < 4.78 is 0. The highest BCUT2D eigenvalue weighted by Crippen LogP contribution is 2.61. The lowest BCUT2D eigenvalue weighted by Crippen LogP contribution is -2.47. The standard InChI is InChI=1S/C23H23N3O/c1-13-21(14(2)26-25-13)24-22(27)23(3)12-19-15-8-4-6-10-17(15)20(23)18-11-7-5-9-16(18)19/h4-11,19-20H,12H2,1-3H3,(H,24,27)(H,25,26). The highest BCUT2D eigenvalue weighted by atomic mass is 16.2. The Morgan fingerprint density at radius 3 is 2.11 bits per heavy atom. The molecule has 1 unspecified atom stereocenters. The average Bonchev–Trinajstić information content (AvgIpc) is 3.00. The lowest BCUT2D eigenvalue weighted by molar-refractivity contribution is -0.126. The first-order chi connectivity index (χ1) is 13.0. The Hall–Kier alpha value is -2.88. The Kier molecular flexibility index (Phi) is 3.36. The summed E-state index contributed by atoms with van der Waals surface area (Å²) in [5.74, 6) is 0.418. The predicted molar refractivity (Wildman–Crippen MR) is 106 cm³/mol. The number of hydrogen-bond acceptors (Lipinski definition) is 2. The summed E-state index contributed by atoms with van der Waals surface area (Å²) in [6, 6.07) is 17.2. The van der Waals surface area contributed by atoms with E-state index >= 15 is 0 Å². The van der Waals surface area contributed by atoms with Gasteiger partial charge >= 0.3 is 0 Å². The molecular formula is C23H23N3O. The van der Waals surface area contributed by atoms with Crippen molar-refractivity contribution >= 4 is 11.6 Å². The van der Waals surface area contributed by atoms with Crippen LogP contribution in [0.5, 0.6) is 0 Å². The molecule has 0 fully saturated rings. The first kappa shape index (κ1) is 16.3. The van der Waals surface area contributed by atoms with Gasteiger partial charge in [-0.1, -0.05) is 48.5 Å². The number of aromatic nitrogens is 2. The molecule has 136 valence electrons. The molecule has 4 heteroatoms. The molecular weight excluding hydrogens is 334 g/mol. The van der Waals surface area contributed by atoms with E-state index in [1.165, 1.54) is 22.3 Å². The smallest absolute Gasteiger partial charge is 0.231 e. The van der Waals surface area contributed by atoms with Gasteiger partial charge < -0.3 is 5.32 Å². The van der Waals surface area contributed by atoms with Gasteiger partial charge in [0.1, 0.15) is 0 Å². The summed E-state index contributed by atoms with van der Waals surface area (Å²) in [5.41, 5.74) is 7.38. The molecule has 1 aromatic heterocycles. The summed E-state index contributed by atoms with van der Waals surface area (Å²) in [4.78, 5) is 13.5. The fraction of sp³-hybridized carbons (Fsp3) is 0.304. The Morgan fingerprint density at radius 1 is 1.04 bits per heavy atom. The van der Waals surface area contributed by atoms with Crippen molar-refractivity contribution in [3.63, 3.8) is 0 Å². The summed E-state index contributed by atoms with van der Waals surface area (Å²) in [6.07, 6.45) is 0.827. The van der Waals surface area contributed by atoms with Crippen LogP contribution in [0.15, 0.2) is 48.5 Å². The summed E-state index contributed by atoms with van der Waals surface area (Å²) in [5, 5.41) is 10.4. The number of aryl methyl sites for hydroxylation is 2. The Morgan fingerprint density at radius 2 is 1.59 bits per heavy atom. The quantitative estimate of drug-likeness (QED) is 0.701. The topological polar surface area (TPSA) is 57.8 Å². The van der Waals surface area contributed by atoms with E-state index in [-0.39, 0.29) is 17.7 Å². The van der Waals surface area contributed by atoms with Crippen LogP contribution in [0.4, 0.5) is 5.69 Å². The van der Waals surface area contributed by atoms with Gasteiger partial charge in [-0.25, -0.2) is 0 Å². The average molecular weight is 357 g/mol. The molecule has 0 radical (unpaired) electrons. The molecule has 1 heterocycles. The molecule has 3 aliphatic rings. The number of amides is 1. The van der Waals surface area contributed by atoms with Crippen LogP contribution >= 0.6 is 0 Å². The molecule has 2 bridgehead atoms. The van der Waals surface area contributed by atoms with Gasteiger partial charge in [0.25, 0.3) is 0 Å². The number of H-pyrrole nitrogens is 1. The second kappa shape index (κ2) is 5.56. The van der Waals surface area contributed by atoms with Gasteiger partial charge in [-0.05, 0) is 49.4 Å². The van der Waals surface area contributed by atoms with Gasteiger partial charge in [-0.3, -0.25) is 9.89 Å². The molecule has 2 N–H and O–H groups in total. The van der Waals surface area contributed by atoms with Crippen LogP contribution in [-0.2, 0) is 4.79 Å². The third-order valence-electron chi connectivity index (χ3n) is 6.52. The third-order valence-corrected chi connectivity index (χ3v) is 6.52.